The molecule has 0 spiro atoms. The van der Waals surface area contributed by atoms with Gasteiger partial charge in [0.05, 0.1) is 0 Å². The van der Waals surface area contributed by atoms with Gasteiger partial charge in [0.15, 0.2) is 6.79 Å². The van der Waals surface area contributed by atoms with Gasteiger partial charge in [-0.15, -0.1) is 5.16 Å². The summed E-state index contributed by atoms with van der Waals surface area (Å²) in [5.41, 5.74) is 1.02. The highest BCUT2D eigenvalue weighted by atomic mass is 16.7. The molecule has 0 aromatic heterocycles. The van der Waals surface area contributed by atoms with Crippen molar-refractivity contribution in [3.8, 4) is 5.75 Å². The molecule has 0 fully saturated rings. The molecule has 0 amide bonds. The van der Waals surface area contributed by atoms with Crippen LogP contribution in [0.5, 0.6) is 5.75 Å². The Balaban J connectivity index is 2.59. The van der Waals surface area contributed by atoms with Crippen molar-refractivity contribution in [2.45, 2.75) is 6.42 Å². The maximum atomic E-state index is 8.26. The van der Waals surface area contributed by atoms with Crippen molar-refractivity contribution >= 4 is 6.21 Å². The molecule has 0 aliphatic heterocycles. The fourth-order valence-corrected chi connectivity index (χ4v) is 1.04. The van der Waals surface area contributed by atoms with Crippen LogP contribution in [0.1, 0.15) is 5.56 Å². The summed E-state index contributed by atoms with van der Waals surface area (Å²) in [5.74, 6) is 0.746. The number of rotatable bonds is 5. The van der Waals surface area contributed by atoms with Crippen molar-refractivity contribution in [3.05, 3.63) is 29.8 Å². The highest BCUT2D eigenvalue weighted by molar-refractivity contribution is 5.60. The minimum atomic E-state index is 0.234. The van der Waals surface area contributed by atoms with Crippen molar-refractivity contribution < 1.29 is 14.7 Å². The van der Waals surface area contributed by atoms with Crippen LogP contribution >= 0.6 is 0 Å². The standard InChI is InChI=1S/C10H13NO3/c1-13-8-14-10-4-2-3-9(7-10)5-6-11-12/h2-4,6-7,12H,5,8H2,1H3. The van der Waals surface area contributed by atoms with E-state index in [-0.39, 0.29) is 6.79 Å². The van der Waals surface area contributed by atoms with Crippen molar-refractivity contribution in [3.63, 3.8) is 0 Å². The molecular formula is C10H13NO3. The van der Waals surface area contributed by atoms with E-state index in [2.05, 4.69) is 5.16 Å². The van der Waals surface area contributed by atoms with Gasteiger partial charge in [0, 0.05) is 19.7 Å². The second-order valence-electron chi connectivity index (χ2n) is 2.70. The van der Waals surface area contributed by atoms with Gasteiger partial charge >= 0.3 is 0 Å². The van der Waals surface area contributed by atoms with Gasteiger partial charge in [-0.25, -0.2) is 0 Å². The zero-order chi connectivity index (χ0) is 10.2. The number of oxime groups is 1. The first-order valence-corrected chi connectivity index (χ1v) is 4.23. The van der Waals surface area contributed by atoms with Crippen LogP contribution in [0.3, 0.4) is 0 Å². The van der Waals surface area contributed by atoms with E-state index in [1.165, 1.54) is 6.21 Å². The van der Waals surface area contributed by atoms with Crippen LogP contribution in [-0.2, 0) is 11.2 Å². The molecule has 76 valence electrons. The molecule has 0 bridgehead atoms. The Morgan fingerprint density at radius 1 is 1.50 bits per heavy atom. The zero-order valence-corrected chi connectivity index (χ0v) is 8.01. The molecule has 1 rings (SSSR count). The third-order valence-corrected chi connectivity index (χ3v) is 1.65. The van der Waals surface area contributed by atoms with Crippen LogP contribution in [0, 0.1) is 0 Å². The van der Waals surface area contributed by atoms with Crippen LogP contribution in [0.2, 0.25) is 0 Å². The van der Waals surface area contributed by atoms with Gasteiger partial charge in [-0.3, -0.25) is 0 Å². The Morgan fingerprint density at radius 3 is 3.07 bits per heavy atom. The molecule has 14 heavy (non-hydrogen) atoms. The molecule has 0 radical (unpaired) electrons. The summed E-state index contributed by atoms with van der Waals surface area (Å²) in [5, 5.41) is 11.2. The van der Waals surface area contributed by atoms with E-state index in [9.17, 15) is 0 Å². The number of benzene rings is 1. The second-order valence-corrected chi connectivity index (χ2v) is 2.70. The average molecular weight is 195 g/mol. The molecule has 0 aliphatic carbocycles. The van der Waals surface area contributed by atoms with E-state index < -0.39 is 0 Å². The van der Waals surface area contributed by atoms with Gasteiger partial charge in [-0.05, 0) is 17.7 Å². The lowest BCUT2D eigenvalue weighted by Gasteiger charge is -2.05. The number of nitrogens with zero attached hydrogens (tertiary/aromatic N) is 1. The summed E-state index contributed by atoms with van der Waals surface area (Å²) in [6.45, 7) is 0.234. The first-order valence-electron chi connectivity index (χ1n) is 4.23. The van der Waals surface area contributed by atoms with Crippen LogP contribution in [0.15, 0.2) is 29.4 Å². The van der Waals surface area contributed by atoms with Gasteiger partial charge in [-0.2, -0.15) is 0 Å². The molecule has 0 aliphatic rings. The van der Waals surface area contributed by atoms with Crippen molar-refractivity contribution in [2.24, 2.45) is 5.16 Å². The monoisotopic (exact) mass is 195 g/mol. The summed E-state index contributed by atoms with van der Waals surface area (Å²) in [6, 6.07) is 7.53. The molecular weight excluding hydrogens is 182 g/mol. The van der Waals surface area contributed by atoms with E-state index in [1.807, 2.05) is 24.3 Å². The second kappa shape index (κ2) is 5.99. The molecule has 4 heteroatoms. The smallest absolute Gasteiger partial charge is 0.188 e. The minimum Gasteiger partial charge on any atom is -0.468 e. The fourth-order valence-electron chi connectivity index (χ4n) is 1.04. The molecule has 0 heterocycles. The van der Waals surface area contributed by atoms with Crippen LogP contribution in [-0.4, -0.2) is 25.3 Å². The van der Waals surface area contributed by atoms with Crippen LogP contribution in [0.4, 0.5) is 0 Å². The van der Waals surface area contributed by atoms with E-state index >= 15 is 0 Å². The minimum absolute atomic E-state index is 0.234. The first kappa shape index (κ1) is 10.5. The molecule has 0 atom stereocenters. The Bertz CT molecular complexity index is 299. The quantitative estimate of drug-likeness (QED) is 0.336. The third-order valence-electron chi connectivity index (χ3n) is 1.65. The predicted octanol–water partition coefficient (Wildman–Crippen LogP) is 1.67. The lowest BCUT2D eigenvalue weighted by atomic mass is 10.1. The summed E-state index contributed by atoms with van der Waals surface area (Å²) in [4.78, 5) is 0. The highest BCUT2D eigenvalue weighted by Crippen LogP contribution is 2.13. The SMILES string of the molecule is COCOc1cccc(CC=NO)c1. The number of methoxy groups -OCH3 is 1. The lowest BCUT2D eigenvalue weighted by molar-refractivity contribution is 0.0511. The van der Waals surface area contributed by atoms with Crippen LogP contribution in [0.25, 0.3) is 0 Å². The molecule has 4 nitrogen and oxygen atoms in total. The topological polar surface area (TPSA) is 51.0 Å². The maximum absolute atomic E-state index is 8.26. The first-order chi connectivity index (χ1) is 6.86. The summed E-state index contributed by atoms with van der Waals surface area (Å²) in [7, 11) is 1.57. The molecule has 0 saturated carbocycles. The van der Waals surface area contributed by atoms with E-state index in [0.717, 1.165) is 11.3 Å². The summed E-state index contributed by atoms with van der Waals surface area (Å²) in [6.07, 6.45) is 2.01. The zero-order valence-electron chi connectivity index (χ0n) is 8.01. The molecule has 0 unspecified atom stereocenters. The van der Waals surface area contributed by atoms with Gasteiger partial charge in [0.2, 0.25) is 0 Å². The Kier molecular flexibility index (Phi) is 4.50. The Hall–Kier alpha value is -1.55. The lowest BCUT2D eigenvalue weighted by Crippen LogP contribution is -1.99. The van der Waals surface area contributed by atoms with Crippen LogP contribution < -0.4 is 4.74 Å². The van der Waals surface area contributed by atoms with E-state index in [0.29, 0.717) is 6.42 Å². The van der Waals surface area contributed by atoms with Crippen molar-refractivity contribution in [1.82, 2.24) is 0 Å². The molecule has 0 saturated heterocycles. The summed E-state index contributed by atoms with van der Waals surface area (Å²) < 4.78 is 10.0. The normalized spacial score (nSPS) is 10.6. The van der Waals surface area contributed by atoms with Crippen molar-refractivity contribution in [2.75, 3.05) is 13.9 Å². The van der Waals surface area contributed by atoms with Crippen molar-refractivity contribution in [1.29, 1.82) is 0 Å². The van der Waals surface area contributed by atoms with E-state index in [4.69, 9.17) is 14.7 Å². The van der Waals surface area contributed by atoms with Gasteiger partial charge < -0.3 is 14.7 Å². The van der Waals surface area contributed by atoms with E-state index in [1.54, 1.807) is 7.11 Å². The predicted molar refractivity (Wildman–Crippen MR) is 52.9 cm³/mol. The number of hydrogen-bond donors (Lipinski definition) is 1. The third kappa shape index (κ3) is 3.45. The number of ether oxygens (including phenoxy) is 2. The van der Waals surface area contributed by atoms with Gasteiger partial charge in [0.1, 0.15) is 5.75 Å². The molecule has 1 aromatic rings. The molecule has 1 aromatic carbocycles. The largest absolute Gasteiger partial charge is 0.468 e. The van der Waals surface area contributed by atoms with Gasteiger partial charge in [-0.1, -0.05) is 12.1 Å². The average Bonchev–Trinajstić information content (AvgIpc) is 2.24. The fraction of sp³-hybridized carbons (Fsp3) is 0.300. The maximum Gasteiger partial charge on any atom is 0.188 e. The molecule has 1 N–H and O–H groups in total. The highest BCUT2D eigenvalue weighted by Gasteiger charge is 1.95. The van der Waals surface area contributed by atoms with Gasteiger partial charge in [0.25, 0.3) is 0 Å². The number of hydrogen-bond acceptors (Lipinski definition) is 4. The Labute approximate surface area is 82.8 Å². The summed E-state index contributed by atoms with van der Waals surface area (Å²) >= 11 is 0. The Morgan fingerprint density at radius 2 is 2.36 bits per heavy atom.